The van der Waals surface area contributed by atoms with Crippen molar-refractivity contribution >= 4 is 34.5 Å². The van der Waals surface area contributed by atoms with E-state index < -0.39 is 0 Å². The molecule has 4 aromatic carbocycles. The Hall–Kier alpha value is -4.65. The van der Waals surface area contributed by atoms with Gasteiger partial charge in [-0.05, 0) is 71.8 Å². The largest absolute Gasteiger partial charge is 0.496 e. The number of methoxy groups -OCH3 is 1. The highest BCUT2D eigenvalue weighted by Gasteiger charge is 2.13. The monoisotopic (exact) mass is 467 g/mol. The van der Waals surface area contributed by atoms with Gasteiger partial charge in [-0.3, -0.25) is 9.59 Å². The summed E-state index contributed by atoms with van der Waals surface area (Å²) in [5.41, 5.74) is 5.53. The van der Waals surface area contributed by atoms with Crippen LogP contribution in [0.3, 0.4) is 0 Å². The van der Waals surface area contributed by atoms with Crippen molar-refractivity contribution in [1.82, 2.24) is 5.43 Å². The van der Waals surface area contributed by atoms with Crippen molar-refractivity contribution in [3.05, 3.63) is 102 Å². The summed E-state index contributed by atoms with van der Waals surface area (Å²) < 4.78 is 10.9. The normalized spacial score (nSPS) is 10.8. The van der Waals surface area contributed by atoms with Gasteiger partial charge in [0.2, 0.25) is 0 Å². The standard InChI is InChI=1S/C28H25N3O4/c1-19-7-11-23(12-8-19)30-27(32)18-35-24-13-9-20(10-14-24)17-29-31-28(33)25-15-21-5-3-4-6-22(21)16-26(25)34-2/h3-17H,18H2,1-2H3,(H,30,32)(H,31,33). The number of hydrazone groups is 1. The van der Waals surface area contributed by atoms with Crippen LogP contribution in [0.25, 0.3) is 10.8 Å². The molecule has 4 rings (SSSR count). The number of ether oxygens (including phenoxy) is 2. The average Bonchev–Trinajstić information content (AvgIpc) is 2.88. The molecule has 0 atom stereocenters. The van der Waals surface area contributed by atoms with Crippen molar-refractivity contribution in [2.75, 3.05) is 19.0 Å². The highest BCUT2D eigenvalue weighted by Crippen LogP contribution is 2.25. The molecule has 35 heavy (non-hydrogen) atoms. The molecule has 2 amide bonds. The fourth-order valence-corrected chi connectivity index (χ4v) is 3.42. The minimum atomic E-state index is -0.372. The van der Waals surface area contributed by atoms with Crippen LogP contribution in [0.4, 0.5) is 5.69 Å². The number of fused-ring (bicyclic) bond motifs is 1. The first-order valence-electron chi connectivity index (χ1n) is 11.0. The number of benzene rings is 4. The Bertz CT molecular complexity index is 1360. The van der Waals surface area contributed by atoms with E-state index >= 15 is 0 Å². The maximum atomic E-state index is 12.6. The molecule has 176 valence electrons. The van der Waals surface area contributed by atoms with Crippen molar-refractivity contribution in [2.45, 2.75) is 6.92 Å². The van der Waals surface area contributed by atoms with Crippen LogP contribution in [0, 0.1) is 6.92 Å². The van der Waals surface area contributed by atoms with E-state index in [0.29, 0.717) is 17.1 Å². The summed E-state index contributed by atoms with van der Waals surface area (Å²) in [7, 11) is 1.53. The summed E-state index contributed by atoms with van der Waals surface area (Å²) in [4.78, 5) is 24.7. The number of amides is 2. The van der Waals surface area contributed by atoms with Gasteiger partial charge in [0, 0.05) is 5.69 Å². The number of rotatable bonds is 8. The molecule has 0 fully saturated rings. The van der Waals surface area contributed by atoms with E-state index in [4.69, 9.17) is 9.47 Å². The van der Waals surface area contributed by atoms with Crippen LogP contribution in [0.15, 0.2) is 90.0 Å². The van der Waals surface area contributed by atoms with Crippen LogP contribution in [0.5, 0.6) is 11.5 Å². The van der Waals surface area contributed by atoms with E-state index in [1.165, 1.54) is 13.3 Å². The topological polar surface area (TPSA) is 89.0 Å². The second kappa shape index (κ2) is 11.0. The van der Waals surface area contributed by atoms with Gasteiger partial charge in [-0.25, -0.2) is 5.43 Å². The molecule has 4 aromatic rings. The van der Waals surface area contributed by atoms with Gasteiger partial charge in [0.1, 0.15) is 11.5 Å². The van der Waals surface area contributed by atoms with Gasteiger partial charge in [-0.2, -0.15) is 5.10 Å². The summed E-state index contributed by atoms with van der Waals surface area (Å²) in [6.45, 7) is 1.88. The van der Waals surface area contributed by atoms with Crippen LogP contribution >= 0.6 is 0 Å². The lowest BCUT2D eigenvalue weighted by molar-refractivity contribution is -0.118. The summed E-state index contributed by atoms with van der Waals surface area (Å²) >= 11 is 0. The quantitative estimate of drug-likeness (QED) is 0.284. The highest BCUT2D eigenvalue weighted by molar-refractivity contribution is 6.02. The number of aryl methyl sites for hydroxylation is 1. The molecular weight excluding hydrogens is 442 g/mol. The fourth-order valence-electron chi connectivity index (χ4n) is 3.42. The van der Waals surface area contributed by atoms with Gasteiger partial charge >= 0.3 is 0 Å². The molecule has 0 saturated heterocycles. The number of nitrogens with zero attached hydrogens (tertiary/aromatic N) is 1. The minimum absolute atomic E-state index is 0.106. The van der Waals surface area contributed by atoms with Crippen molar-refractivity contribution < 1.29 is 19.1 Å². The third kappa shape index (κ3) is 6.23. The molecule has 0 spiro atoms. The summed E-state index contributed by atoms with van der Waals surface area (Å²) in [5.74, 6) is 0.408. The van der Waals surface area contributed by atoms with Crippen LogP contribution in [-0.4, -0.2) is 31.7 Å². The zero-order valence-electron chi connectivity index (χ0n) is 19.4. The van der Waals surface area contributed by atoms with Gasteiger partial charge < -0.3 is 14.8 Å². The SMILES string of the molecule is COc1cc2ccccc2cc1C(=O)NN=Cc1ccc(OCC(=O)Nc2ccc(C)cc2)cc1. The molecule has 7 nitrogen and oxygen atoms in total. The maximum Gasteiger partial charge on any atom is 0.275 e. The Balaban J connectivity index is 1.30. The summed E-state index contributed by atoms with van der Waals surface area (Å²) in [6, 6.07) is 25.9. The predicted molar refractivity (Wildman–Crippen MR) is 137 cm³/mol. The molecular formula is C28H25N3O4. The number of hydrogen-bond acceptors (Lipinski definition) is 5. The van der Waals surface area contributed by atoms with E-state index in [0.717, 1.165) is 27.6 Å². The third-order valence-corrected chi connectivity index (χ3v) is 5.28. The van der Waals surface area contributed by atoms with E-state index in [2.05, 4.69) is 15.8 Å². The summed E-state index contributed by atoms with van der Waals surface area (Å²) in [6.07, 6.45) is 1.53. The van der Waals surface area contributed by atoms with Gasteiger partial charge in [0.05, 0.1) is 18.9 Å². The Morgan fingerprint density at radius 2 is 1.60 bits per heavy atom. The van der Waals surface area contributed by atoms with Crippen molar-refractivity contribution in [3.8, 4) is 11.5 Å². The van der Waals surface area contributed by atoms with Crippen LogP contribution in [0.2, 0.25) is 0 Å². The zero-order chi connectivity index (χ0) is 24.6. The lowest BCUT2D eigenvalue weighted by Gasteiger charge is -2.09. The minimum Gasteiger partial charge on any atom is -0.496 e. The average molecular weight is 468 g/mol. The van der Waals surface area contributed by atoms with Crippen LogP contribution in [-0.2, 0) is 4.79 Å². The Morgan fingerprint density at radius 1 is 0.914 bits per heavy atom. The fraction of sp³-hybridized carbons (Fsp3) is 0.107. The second-order valence-electron chi connectivity index (χ2n) is 7.87. The van der Waals surface area contributed by atoms with Gasteiger partial charge in [0.15, 0.2) is 6.61 Å². The molecule has 0 saturated carbocycles. The Morgan fingerprint density at radius 3 is 2.29 bits per heavy atom. The number of carbonyl (C=O) groups is 2. The van der Waals surface area contributed by atoms with Crippen LogP contribution in [0.1, 0.15) is 21.5 Å². The lowest BCUT2D eigenvalue weighted by Crippen LogP contribution is -2.20. The zero-order valence-corrected chi connectivity index (χ0v) is 19.4. The van der Waals surface area contributed by atoms with Crippen molar-refractivity contribution in [3.63, 3.8) is 0 Å². The predicted octanol–water partition coefficient (Wildman–Crippen LogP) is 4.94. The van der Waals surface area contributed by atoms with E-state index in [-0.39, 0.29) is 18.4 Å². The number of anilines is 1. The molecule has 0 heterocycles. The molecule has 0 aliphatic rings. The first kappa shape index (κ1) is 23.5. The number of nitrogens with one attached hydrogen (secondary N) is 2. The summed E-state index contributed by atoms with van der Waals surface area (Å²) in [5, 5.41) is 8.75. The Kier molecular flexibility index (Phi) is 7.37. The molecule has 0 aliphatic carbocycles. The van der Waals surface area contributed by atoms with E-state index in [1.54, 1.807) is 30.3 Å². The second-order valence-corrected chi connectivity index (χ2v) is 7.87. The molecule has 0 radical (unpaired) electrons. The molecule has 7 heteroatoms. The lowest BCUT2D eigenvalue weighted by atomic mass is 10.1. The Labute approximate surface area is 203 Å². The highest BCUT2D eigenvalue weighted by atomic mass is 16.5. The number of hydrogen-bond donors (Lipinski definition) is 2. The van der Waals surface area contributed by atoms with Crippen molar-refractivity contribution in [1.29, 1.82) is 0 Å². The van der Waals surface area contributed by atoms with E-state index in [9.17, 15) is 9.59 Å². The molecule has 0 bridgehead atoms. The number of carbonyl (C=O) groups excluding carboxylic acids is 2. The van der Waals surface area contributed by atoms with Gasteiger partial charge in [0.25, 0.3) is 11.8 Å². The third-order valence-electron chi connectivity index (χ3n) is 5.28. The smallest absolute Gasteiger partial charge is 0.275 e. The molecule has 0 aromatic heterocycles. The molecule has 2 N–H and O–H groups in total. The first-order valence-corrected chi connectivity index (χ1v) is 11.0. The first-order chi connectivity index (χ1) is 17.0. The van der Waals surface area contributed by atoms with Crippen LogP contribution < -0.4 is 20.2 Å². The van der Waals surface area contributed by atoms with Crippen molar-refractivity contribution in [2.24, 2.45) is 5.10 Å². The van der Waals surface area contributed by atoms with Gasteiger partial charge in [-0.15, -0.1) is 0 Å². The molecule has 0 aliphatic heterocycles. The maximum absolute atomic E-state index is 12.6. The van der Waals surface area contributed by atoms with E-state index in [1.807, 2.05) is 61.5 Å². The van der Waals surface area contributed by atoms with Gasteiger partial charge in [-0.1, -0.05) is 42.0 Å². The molecule has 0 unspecified atom stereocenters.